The highest BCUT2D eigenvalue weighted by Gasteiger charge is 2.16. The highest BCUT2D eigenvalue weighted by Crippen LogP contribution is 2.21. The van der Waals surface area contributed by atoms with Gasteiger partial charge in [-0.3, -0.25) is 4.79 Å². The quantitative estimate of drug-likeness (QED) is 0.828. The van der Waals surface area contributed by atoms with E-state index in [1.54, 1.807) is 7.11 Å². The van der Waals surface area contributed by atoms with E-state index in [0.29, 0.717) is 31.1 Å². The molecule has 1 aliphatic rings. The molecule has 0 saturated heterocycles. The van der Waals surface area contributed by atoms with Gasteiger partial charge in [0.2, 0.25) is 0 Å². The summed E-state index contributed by atoms with van der Waals surface area (Å²) in [6.45, 7) is 1.73. The lowest BCUT2D eigenvalue weighted by Gasteiger charge is -2.07. The van der Waals surface area contributed by atoms with Crippen LogP contribution < -0.4 is 10.1 Å². The molecule has 0 unspecified atom stereocenters. The van der Waals surface area contributed by atoms with Gasteiger partial charge in [0.05, 0.1) is 18.7 Å². The number of benzene rings is 1. The van der Waals surface area contributed by atoms with Crippen LogP contribution in [0.25, 0.3) is 0 Å². The number of hydrogen-bond acceptors (Lipinski definition) is 3. The maximum Gasteiger partial charge on any atom is 0.255 e. The normalized spacial score (nSPS) is 14.7. The minimum atomic E-state index is -0.0632. The molecule has 1 N–H and O–H groups in total. The van der Waals surface area contributed by atoms with Crippen LogP contribution in [0.3, 0.4) is 0 Å². The molecule has 1 amide bonds. The van der Waals surface area contributed by atoms with Gasteiger partial charge in [0.1, 0.15) is 12.4 Å². The molecule has 0 aromatic heterocycles. The van der Waals surface area contributed by atoms with E-state index in [2.05, 4.69) is 5.32 Å². The number of hydrogen-bond donors (Lipinski definition) is 1. The molecule has 0 radical (unpaired) electrons. The summed E-state index contributed by atoms with van der Waals surface area (Å²) in [5, 5.41) is 2.79. The molecular formula is C12H15NO3. The number of rotatable bonds is 3. The SMILES string of the molecule is COCCc1ccc2c(c1)C(=O)NCCO2. The second-order valence-electron chi connectivity index (χ2n) is 3.68. The van der Waals surface area contributed by atoms with Gasteiger partial charge in [0.15, 0.2) is 0 Å². The van der Waals surface area contributed by atoms with Gasteiger partial charge in [-0.2, -0.15) is 0 Å². The zero-order valence-electron chi connectivity index (χ0n) is 9.29. The van der Waals surface area contributed by atoms with Gasteiger partial charge in [-0.25, -0.2) is 0 Å². The molecular weight excluding hydrogens is 206 g/mol. The summed E-state index contributed by atoms with van der Waals surface area (Å²) < 4.78 is 10.5. The van der Waals surface area contributed by atoms with E-state index in [1.807, 2.05) is 18.2 Å². The topological polar surface area (TPSA) is 47.6 Å². The molecule has 0 fully saturated rings. The van der Waals surface area contributed by atoms with Crippen molar-refractivity contribution in [3.8, 4) is 5.75 Å². The third-order valence-electron chi connectivity index (χ3n) is 2.53. The summed E-state index contributed by atoms with van der Waals surface area (Å²) in [6, 6.07) is 5.69. The predicted octanol–water partition coefficient (Wildman–Crippen LogP) is 0.998. The largest absolute Gasteiger partial charge is 0.491 e. The van der Waals surface area contributed by atoms with E-state index in [1.165, 1.54) is 0 Å². The Morgan fingerprint density at radius 2 is 2.38 bits per heavy atom. The molecule has 1 heterocycles. The lowest BCUT2D eigenvalue weighted by molar-refractivity contribution is 0.0957. The summed E-state index contributed by atoms with van der Waals surface area (Å²) in [7, 11) is 1.67. The molecule has 0 saturated carbocycles. The maximum atomic E-state index is 11.7. The molecule has 0 spiro atoms. The molecule has 2 rings (SSSR count). The smallest absolute Gasteiger partial charge is 0.255 e. The van der Waals surface area contributed by atoms with Crippen molar-refractivity contribution in [3.63, 3.8) is 0 Å². The second kappa shape index (κ2) is 4.99. The van der Waals surface area contributed by atoms with Crippen molar-refractivity contribution in [2.75, 3.05) is 26.9 Å². The van der Waals surface area contributed by atoms with Crippen molar-refractivity contribution < 1.29 is 14.3 Å². The fourth-order valence-corrected chi connectivity index (χ4v) is 1.68. The fraction of sp³-hybridized carbons (Fsp3) is 0.417. The van der Waals surface area contributed by atoms with Crippen LogP contribution in [0.15, 0.2) is 18.2 Å². The van der Waals surface area contributed by atoms with Crippen molar-refractivity contribution >= 4 is 5.91 Å². The van der Waals surface area contributed by atoms with Crippen LogP contribution in [0.4, 0.5) is 0 Å². The Labute approximate surface area is 94.6 Å². The van der Waals surface area contributed by atoms with Gasteiger partial charge in [-0.15, -0.1) is 0 Å². The van der Waals surface area contributed by atoms with Crippen LogP contribution in [0.1, 0.15) is 15.9 Å². The van der Waals surface area contributed by atoms with Gasteiger partial charge in [-0.1, -0.05) is 6.07 Å². The van der Waals surface area contributed by atoms with E-state index in [-0.39, 0.29) is 5.91 Å². The van der Waals surface area contributed by atoms with Crippen LogP contribution >= 0.6 is 0 Å². The monoisotopic (exact) mass is 221 g/mol. The van der Waals surface area contributed by atoms with E-state index >= 15 is 0 Å². The maximum absolute atomic E-state index is 11.7. The van der Waals surface area contributed by atoms with E-state index in [4.69, 9.17) is 9.47 Å². The summed E-state index contributed by atoms with van der Waals surface area (Å²) in [6.07, 6.45) is 0.803. The van der Waals surface area contributed by atoms with E-state index in [0.717, 1.165) is 12.0 Å². The van der Waals surface area contributed by atoms with Crippen molar-refractivity contribution in [3.05, 3.63) is 29.3 Å². The third-order valence-corrected chi connectivity index (χ3v) is 2.53. The first kappa shape index (κ1) is 11.0. The Morgan fingerprint density at radius 1 is 1.50 bits per heavy atom. The molecule has 0 aliphatic carbocycles. The van der Waals surface area contributed by atoms with E-state index < -0.39 is 0 Å². The minimum absolute atomic E-state index is 0.0632. The average Bonchev–Trinajstić information content (AvgIpc) is 2.49. The van der Waals surface area contributed by atoms with Crippen molar-refractivity contribution in [2.45, 2.75) is 6.42 Å². The molecule has 1 aliphatic heterocycles. The Bertz CT molecular complexity index is 390. The first-order chi connectivity index (χ1) is 7.81. The van der Waals surface area contributed by atoms with Gasteiger partial charge in [0.25, 0.3) is 5.91 Å². The third kappa shape index (κ3) is 2.33. The first-order valence-corrected chi connectivity index (χ1v) is 5.34. The lowest BCUT2D eigenvalue weighted by atomic mass is 10.1. The zero-order valence-corrected chi connectivity index (χ0v) is 9.29. The number of ether oxygens (including phenoxy) is 2. The van der Waals surface area contributed by atoms with Crippen LogP contribution in [-0.2, 0) is 11.2 Å². The summed E-state index contributed by atoms with van der Waals surface area (Å²) in [4.78, 5) is 11.7. The molecule has 0 atom stereocenters. The van der Waals surface area contributed by atoms with Crippen LogP contribution in [0.5, 0.6) is 5.75 Å². The summed E-state index contributed by atoms with van der Waals surface area (Å²) in [5.74, 6) is 0.600. The molecule has 86 valence electrons. The first-order valence-electron chi connectivity index (χ1n) is 5.34. The zero-order chi connectivity index (χ0) is 11.4. The minimum Gasteiger partial charge on any atom is -0.491 e. The molecule has 1 aromatic carbocycles. The van der Waals surface area contributed by atoms with Gasteiger partial charge in [-0.05, 0) is 24.1 Å². The van der Waals surface area contributed by atoms with Gasteiger partial charge < -0.3 is 14.8 Å². The summed E-state index contributed by atoms with van der Waals surface area (Å²) >= 11 is 0. The number of nitrogens with one attached hydrogen (secondary N) is 1. The number of carbonyl (C=O) groups is 1. The highest BCUT2D eigenvalue weighted by molar-refractivity contribution is 5.97. The van der Waals surface area contributed by atoms with Crippen molar-refractivity contribution in [1.29, 1.82) is 0 Å². The van der Waals surface area contributed by atoms with Crippen LogP contribution in [-0.4, -0.2) is 32.8 Å². The average molecular weight is 221 g/mol. The molecule has 4 nitrogen and oxygen atoms in total. The number of carbonyl (C=O) groups excluding carboxylic acids is 1. The Kier molecular flexibility index (Phi) is 3.41. The highest BCUT2D eigenvalue weighted by atomic mass is 16.5. The Hall–Kier alpha value is -1.55. The molecule has 1 aromatic rings. The van der Waals surface area contributed by atoms with Crippen LogP contribution in [0.2, 0.25) is 0 Å². The molecule has 0 bridgehead atoms. The van der Waals surface area contributed by atoms with Crippen molar-refractivity contribution in [2.24, 2.45) is 0 Å². The fourth-order valence-electron chi connectivity index (χ4n) is 1.68. The number of methoxy groups -OCH3 is 1. The lowest BCUT2D eigenvalue weighted by Crippen LogP contribution is -2.24. The Balaban J connectivity index is 2.24. The molecule has 16 heavy (non-hydrogen) atoms. The van der Waals surface area contributed by atoms with Gasteiger partial charge in [0, 0.05) is 7.11 Å². The number of amides is 1. The second-order valence-corrected chi connectivity index (χ2v) is 3.68. The van der Waals surface area contributed by atoms with E-state index in [9.17, 15) is 4.79 Å². The number of fused-ring (bicyclic) bond motifs is 1. The summed E-state index contributed by atoms with van der Waals surface area (Å²) in [5.41, 5.74) is 1.70. The standard InChI is InChI=1S/C12H15NO3/c1-15-6-4-9-2-3-11-10(8-9)12(14)13-5-7-16-11/h2-3,8H,4-7H2,1H3,(H,13,14). The predicted molar refractivity (Wildman–Crippen MR) is 59.9 cm³/mol. The molecule has 4 heteroatoms. The van der Waals surface area contributed by atoms with Crippen molar-refractivity contribution in [1.82, 2.24) is 5.32 Å². The Morgan fingerprint density at radius 3 is 3.19 bits per heavy atom. The van der Waals surface area contributed by atoms with Crippen LogP contribution in [0, 0.1) is 0 Å². The van der Waals surface area contributed by atoms with Gasteiger partial charge >= 0.3 is 0 Å².